The lowest BCUT2D eigenvalue weighted by Crippen LogP contribution is -2.11. The third-order valence-electron chi connectivity index (χ3n) is 1.72. The SMILES string of the molecule is COC(=O)c1cnc(C(=O)OC)c(N)c1. The number of carbonyl (C=O) groups is 2. The maximum Gasteiger partial charge on any atom is 0.358 e. The topological polar surface area (TPSA) is 91.5 Å². The first-order valence-electron chi connectivity index (χ1n) is 4.02. The van der Waals surface area contributed by atoms with Gasteiger partial charge in [0.1, 0.15) is 0 Å². The van der Waals surface area contributed by atoms with E-state index in [0.717, 1.165) is 0 Å². The predicted molar refractivity (Wildman–Crippen MR) is 51.3 cm³/mol. The molecule has 0 amide bonds. The summed E-state index contributed by atoms with van der Waals surface area (Å²) in [6.07, 6.45) is 1.20. The lowest BCUT2D eigenvalue weighted by molar-refractivity contribution is 0.0582. The van der Waals surface area contributed by atoms with Crippen LogP contribution in [0.3, 0.4) is 0 Å². The number of anilines is 1. The molecular weight excluding hydrogens is 200 g/mol. The Labute approximate surface area is 86.0 Å². The zero-order valence-electron chi connectivity index (χ0n) is 8.31. The van der Waals surface area contributed by atoms with E-state index >= 15 is 0 Å². The zero-order chi connectivity index (χ0) is 11.4. The minimum atomic E-state index is -0.649. The van der Waals surface area contributed by atoms with Crippen molar-refractivity contribution in [2.75, 3.05) is 20.0 Å². The normalized spacial score (nSPS) is 9.47. The summed E-state index contributed by atoms with van der Waals surface area (Å²) in [5.74, 6) is -1.21. The van der Waals surface area contributed by atoms with Crippen LogP contribution < -0.4 is 5.73 Å². The van der Waals surface area contributed by atoms with Gasteiger partial charge in [0, 0.05) is 6.20 Å². The fourth-order valence-electron chi connectivity index (χ4n) is 0.978. The van der Waals surface area contributed by atoms with Crippen LogP contribution in [0.1, 0.15) is 20.8 Å². The molecule has 0 unspecified atom stereocenters. The second kappa shape index (κ2) is 4.41. The molecule has 0 aliphatic carbocycles. The van der Waals surface area contributed by atoms with Crippen molar-refractivity contribution >= 4 is 17.6 Å². The van der Waals surface area contributed by atoms with Crippen LogP contribution in [0, 0.1) is 0 Å². The number of nitrogen functional groups attached to an aromatic ring is 1. The van der Waals surface area contributed by atoms with Crippen LogP contribution in [0.15, 0.2) is 12.3 Å². The molecule has 0 saturated heterocycles. The molecule has 1 aromatic rings. The molecular formula is C9H10N2O4. The van der Waals surface area contributed by atoms with Crippen LogP contribution in [0.2, 0.25) is 0 Å². The Bertz CT molecular complexity index is 403. The molecule has 0 saturated carbocycles. The summed E-state index contributed by atoms with van der Waals surface area (Å²) in [7, 11) is 2.46. The van der Waals surface area contributed by atoms with Crippen molar-refractivity contribution in [3.8, 4) is 0 Å². The molecule has 0 aliphatic heterocycles. The summed E-state index contributed by atoms with van der Waals surface area (Å²) in [5, 5.41) is 0. The maximum absolute atomic E-state index is 11.1. The fourth-order valence-corrected chi connectivity index (χ4v) is 0.978. The standard InChI is InChI=1S/C9H10N2O4/c1-14-8(12)5-3-6(10)7(11-4-5)9(13)15-2/h3-4H,10H2,1-2H3. The Balaban J connectivity index is 3.08. The number of nitrogens with two attached hydrogens (primary N) is 1. The van der Waals surface area contributed by atoms with Gasteiger partial charge >= 0.3 is 11.9 Å². The van der Waals surface area contributed by atoms with Crippen LogP contribution in [0.25, 0.3) is 0 Å². The maximum atomic E-state index is 11.1. The van der Waals surface area contributed by atoms with Crippen molar-refractivity contribution in [1.29, 1.82) is 0 Å². The van der Waals surface area contributed by atoms with Gasteiger partial charge in [0.25, 0.3) is 0 Å². The van der Waals surface area contributed by atoms with Crippen LogP contribution in [-0.2, 0) is 9.47 Å². The van der Waals surface area contributed by atoms with Crippen LogP contribution in [0.5, 0.6) is 0 Å². The molecule has 0 aromatic carbocycles. The Morgan fingerprint density at radius 1 is 1.27 bits per heavy atom. The van der Waals surface area contributed by atoms with Crippen LogP contribution >= 0.6 is 0 Å². The first-order chi connectivity index (χ1) is 7.10. The largest absolute Gasteiger partial charge is 0.465 e. The van der Waals surface area contributed by atoms with Gasteiger partial charge in [-0.05, 0) is 6.07 Å². The number of methoxy groups -OCH3 is 2. The average molecular weight is 210 g/mol. The molecule has 1 heterocycles. The lowest BCUT2D eigenvalue weighted by Gasteiger charge is -2.04. The molecule has 1 rings (SSSR count). The fraction of sp³-hybridized carbons (Fsp3) is 0.222. The van der Waals surface area contributed by atoms with Gasteiger partial charge in [-0.3, -0.25) is 0 Å². The van der Waals surface area contributed by atoms with Crippen LogP contribution in [-0.4, -0.2) is 31.1 Å². The summed E-state index contributed by atoms with van der Waals surface area (Å²) in [6.45, 7) is 0. The van der Waals surface area contributed by atoms with E-state index in [4.69, 9.17) is 5.73 Å². The number of aromatic nitrogens is 1. The second-order valence-electron chi connectivity index (χ2n) is 2.64. The monoisotopic (exact) mass is 210 g/mol. The number of esters is 2. The van der Waals surface area contributed by atoms with E-state index in [0.29, 0.717) is 0 Å². The first-order valence-corrected chi connectivity index (χ1v) is 4.02. The molecule has 6 heteroatoms. The lowest BCUT2D eigenvalue weighted by atomic mass is 10.2. The molecule has 15 heavy (non-hydrogen) atoms. The zero-order valence-corrected chi connectivity index (χ0v) is 8.31. The summed E-state index contributed by atoms with van der Waals surface area (Å²) in [6, 6.07) is 1.31. The molecule has 0 aliphatic rings. The molecule has 80 valence electrons. The Hall–Kier alpha value is -2.11. The van der Waals surface area contributed by atoms with Gasteiger partial charge in [-0.1, -0.05) is 0 Å². The molecule has 2 N–H and O–H groups in total. The highest BCUT2D eigenvalue weighted by Crippen LogP contribution is 2.12. The molecule has 6 nitrogen and oxygen atoms in total. The molecule has 0 atom stereocenters. The van der Waals surface area contributed by atoms with Crippen molar-refractivity contribution < 1.29 is 19.1 Å². The Morgan fingerprint density at radius 3 is 2.33 bits per heavy atom. The first kappa shape index (κ1) is 11.0. The van der Waals surface area contributed by atoms with Crippen molar-refractivity contribution in [3.05, 3.63) is 23.5 Å². The Morgan fingerprint density at radius 2 is 1.87 bits per heavy atom. The second-order valence-corrected chi connectivity index (χ2v) is 2.64. The number of hydrogen-bond donors (Lipinski definition) is 1. The predicted octanol–water partition coefficient (Wildman–Crippen LogP) is 0.237. The van der Waals surface area contributed by atoms with Crippen LogP contribution in [0.4, 0.5) is 5.69 Å². The van der Waals surface area contributed by atoms with E-state index in [2.05, 4.69) is 14.5 Å². The minimum Gasteiger partial charge on any atom is -0.465 e. The van der Waals surface area contributed by atoms with Gasteiger partial charge in [0.2, 0.25) is 0 Å². The van der Waals surface area contributed by atoms with Gasteiger partial charge in [-0.15, -0.1) is 0 Å². The molecule has 0 bridgehead atoms. The van der Waals surface area contributed by atoms with Gasteiger partial charge in [-0.2, -0.15) is 0 Å². The van der Waals surface area contributed by atoms with Crippen molar-refractivity contribution in [2.24, 2.45) is 0 Å². The van der Waals surface area contributed by atoms with Gasteiger partial charge < -0.3 is 15.2 Å². The van der Waals surface area contributed by atoms with E-state index < -0.39 is 11.9 Å². The number of carbonyl (C=O) groups excluding carboxylic acids is 2. The molecule has 0 spiro atoms. The average Bonchev–Trinajstić information content (AvgIpc) is 2.26. The highest BCUT2D eigenvalue weighted by molar-refractivity contribution is 5.96. The Kier molecular flexibility index (Phi) is 3.22. The molecule has 1 aromatic heterocycles. The van der Waals surface area contributed by atoms with E-state index in [1.807, 2.05) is 0 Å². The van der Waals surface area contributed by atoms with E-state index in [9.17, 15) is 9.59 Å². The van der Waals surface area contributed by atoms with Crippen molar-refractivity contribution in [1.82, 2.24) is 4.98 Å². The van der Waals surface area contributed by atoms with E-state index in [1.54, 1.807) is 0 Å². The van der Waals surface area contributed by atoms with E-state index in [1.165, 1.54) is 26.5 Å². The minimum absolute atomic E-state index is 0.0230. The third kappa shape index (κ3) is 2.22. The number of hydrogen-bond acceptors (Lipinski definition) is 6. The van der Waals surface area contributed by atoms with Gasteiger partial charge in [-0.25, -0.2) is 14.6 Å². The smallest absolute Gasteiger partial charge is 0.358 e. The number of ether oxygens (including phenoxy) is 2. The summed E-state index contributed by atoms with van der Waals surface area (Å²) in [4.78, 5) is 25.9. The van der Waals surface area contributed by atoms with Crippen molar-refractivity contribution in [2.45, 2.75) is 0 Å². The summed E-state index contributed by atoms with van der Waals surface area (Å²) in [5.41, 5.74) is 5.75. The van der Waals surface area contributed by atoms with Gasteiger partial charge in [0.05, 0.1) is 25.5 Å². The quantitative estimate of drug-likeness (QED) is 0.703. The molecule has 0 radical (unpaired) electrons. The summed E-state index contributed by atoms with van der Waals surface area (Å²) >= 11 is 0. The molecule has 0 fully saturated rings. The highest BCUT2D eigenvalue weighted by Gasteiger charge is 2.14. The van der Waals surface area contributed by atoms with Crippen molar-refractivity contribution in [3.63, 3.8) is 0 Å². The highest BCUT2D eigenvalue weighted by atomic mass is 16.5. The number of nitrogens with zero attached hydrogens (tertiary/aromatic N) is 1. The van der Waals surface area contributed by atoms with Gasteiger partial charge in [0.15, 0.2) is 5.69 Å². The summed E-state index contributed by atoms with van der Waals surface area (Å²) < 4.78 is 8.91. The van der Waals surface area contributed by atoms with E-state index in [-0.39, 0.29) is 16.9 Å². The third-order valence-corrected chi connectivity index (χ3v) is 1.72. The number of rotatable bonds is 2. The number of pyridine rings is 1.